The Kier molecular flexibility index (Phi) is 6.40. The molecule has 2 rings (SSSR count). The molecule has 2 atom stereocenters. The Hall–Kier alpha value is -1.11. The highest BCUT2D eigenvalue weighted by molar-refractivity contribution is 5.93. The molecule has 0 aromatic carbocycles. The third kappa shape index (κ3) is 4.97. The van der Waals surface area contributed by atoms with Crippen molar-refractivity contribution in [2.24, 2.45) is 18.2 Å². The van der Waals surface area contributed by atoms with Gasteiger partial charge in [-0.3, -0.25) is 9.48 Å². The molecule has 1 fully saturated rings. The number of aryl methyl sites for hydroxylation is 1. The largest absolute Gasteiger partial charge is 0.364 e. The highest BCUT2D eigenvalue weighted by Crippen LogP contribution is 2.23. The zero-order valence-electron chi connectivity index (χ0n) is 13.8. The Labute approximate surface area is 138 Å². The van der Waals surface area contributed by atoms with Crippen molar-refractivity contribution in [1.29, 1.82) is 0 Å². The van der Waals surface area contributed by atoms with E-state index in [1.54, 1.807) is 4.68 Å². The summed E-state index contributed by atoms with van der Waals surface area (Å²) < 4.78 is 7.31. The number of hydrogen-bond donors (Lipinski definition) is 2. The lowest BCUT2D eigenvalue weighted by Crippen LogP contribution is -2.30. The lowest BCUT2D eigenvalue weighted by atomic mass is 9.91. The summed E-state index contributed by atoms with van der Waals surface area (Å²) in [4.78, 5) is 12.2. The molecule has 6 nitrogen and oxygen atoms in total. The number of ether oxygens (including phenoxy) is 1. The highest BCUT2D eigenvalue weighted by Gasteiger charge is 2.30. The van der Waals surface area contributed by atoms with E-state index in [1.807, 2.05) is 13.1 Å². The summed E-state index contributed by atoms with van der Waals surface area (Å²) in [5, 5.41) is 7.35. The second-order valence-electron chi connectivity index (χ2n) is 6.93. The Morgan fingerprint density at radius 1 is 1.50 bits per heavy atom. The lowest BCUT2D eigenvalue weighted by molar-refractivity contribution is -0.126. The van der Waals surface area contributed by atoms with E-state index in [0.717, 1.165) is 25.0 Å². The van der Waals surface area contributed by atoms with Gasteiger partial charge < -0.3 is 15.8 Å². The molecule has 0 bridgehead atoms. The number of amides is 1. The van der Waals surface area contributed by atoms with E-state index in [4.69, 9.17) is 10.5 Å². The molecule has 0 saturated carbocycles. The van der Waals surface area contributed by atoms with Crippen molar-refractivity contribution in [2.75, 3.05) is 11.9 Å². The molecule has 0 unspecified atom stereocenters. The van der Waals surface area contributed by atoms with Crippen LogP contribution in [0, 0.1) is 5.41 Å². The van der Waals surface area contributed by atoms with Crippen LogP contribution in [0.5, 0.6) is 0 Å². The molecule has 1 amide bonds. The number of anilines is 1. The number of carbonyl (C=O) groups excluding carboxylic acids is 1. The van der Waals surface area contributed by atoms with Gasteiger partial charge in [-0.05, 0) is 24.7 Å². The number of halogens is 1. The zero-order chi connectivity index (χ0) is 15.6. The monoisotopic (exact) mass is 330 g/mol. The zero-order valence-corrected chi connectivity index (χ0v) is 14.6. The molecule has 22 heavy (non-hydrogen) atoms. The second kappa shape index (κ2) is 7.44. The van der Waals surface area contributed by atoms with Crippen molar-refractivity contribution in [3.8, 4) is 0 Å². The number of rotatable bonds is 4. The molecule has 1 aromatic heterocycles. The topological polar surface area (TPSA) is 82.2 Å². The van der Waals surface area contributed by atoms with Crippen LogP contribution in [0.25, 0.3) is 0 Å². The summed E-state index contributed by atoms with van der Waals surface area (Å²) in [7, 11) is 1.83. The number of nitrogens with one attached hydrogen (secondary N) is 1. The van der Waals surface area contributed by atoms with Crippen LogP contribution in [0.2, 0.25) is 0 Å². The van der Waals surface area contributed by atoms with E-state index < -0.39 is 6.10 Å². The first kappa shape index (κ1) is 18.9. The van der Waals surface area contributed by atoms with Crippen molar-refractivity contribution in [1.82, 2.24) is 9.78 Å². The predicted octanol–water partition coefficient (Wildman–Crippen LogP) is 1.88. The molecule has 126 valence electrons. The minimum atomic E-state index is -0.403. The number of carbonyl (C=O) groups is 1. The molecule has 1 aliphatic rings. The Morgan fingerprint density at radius 2 is 2.18 bits per heavy atom. The molecule has 1 saturated heterocycles. The van der Waals surface area contributed by atoms with Crippen LogP contribution in [0.3, 0.4) is 0 Å². The number of nitrogens with two attached hydrogens (primary N) is 1. The molecule has 3 N–H and O–H groups in total. The summed E-state index contributed by atoms with van der Waals surface area (Å²) in [6.07, 6.45) is 2.03. The van der Waals surface area contributed by atoms with Gasteiger partial charge in [-0.15, -0.1) is 12.4 Å². The summed E-state index contributed by atoms with van der Waals surface area (Å²) in [6.45, 7) is 6.96. The van der Waals surface area contributed by atoms with E-state index in [2.05, 4.69) is 31.2 Å². The fourth-order valence-corrected chi connectivity index (χ4v) is 2.55. The molecule has 2 heterocycles. The average molecular weight is 331 g/mol. The van der Waals surface area contributed by atoms with Crippen LogP contribution >= 0.6 is 12.4 Å². The van der Waals surface area contributed by atoms with E-state index in [9.17, 15) is 4.79 Å². The molecule has 1 aliphatic heterocycles. The summed E-state index contributed by atoms with van der Waals surface area (Å²) in [5.41, 5.74) is 6.71. The van der Waals surface area contributed by atoms with Crippen molar-refractivity contribution >= 4 is 24.1 Å². The van der Waals surface area contributed by atoms with Crippen LogP contribution in [0.4, 0.5) is 5.82 Å². The van der Waals surface area contributed by atoms with Gasteiger partial charge in [0.15, 0.2) is 0 Å². The third-order valence-corrected chi connectivity index (χ3v) is 3.56. The first-order valence-corrected chi connectivity index (χ1v) is 7.48. The lowest BCUT2D eigenvalue weighted by Gasteiger charge is -2.15. The summed E-state index contributed by atoms with van der Waals surface area (Å²) >= 11 is 0. The first-order valence-electron chi connectivity index (χ1n) is 7.48. The maximum atomic E-state index is 12.2. The van der Waals surface area contributed by atoms with E-state index >= 15 is 0 Å². The van der Waals surface area contributed by atoms with Gasteiger partial charge in [-0.1, -0.05) is 20.8 Å². The Bertz CT molecular complexity index is 510. The molecule has 0 aliphatic carbocycles. The third-order valence-electron chi connectivity index (χ3n) is 3.56. The fraction of sp³-hybridized carbons (Fsp3) is 0.733. The van der Waals surface area contributed by atoms with Gasteiger partial charge in [0, 0.05) is 19.7 Å². The van der Waals surface area contributed by atoms with Crippen LogP contribution in [0.15, 0.2) is 6.07 Å². The quantitative estimate of drug-likeness (QED) is 0.883. The molecular weight excluding hydrogens is 304 g/mol. The van der Waals surface area contributed by atoms with Gasteiger partial charge >= 0.3 is 0 Å². The Balaban J connectivity index is 0.00000242. The number of hydrogen-bond acceptors (Lipinski definition) is 4. The van der Waals surface area contributed by atoms with Gasteiger partial charge in [-0.2, -0.15) is 5.10 Å². The second-order valence-corrected chi connectivity index (χ2v) is 6.93. The van der Waals surface area contributed by atoms with Crippen molar-refractivity contribution in [3.63, 3.8) is 0 Å². The molecule has 0 spiro atoms. The van der Waals surface area contributed by atoms with Crippen molar-refractivity contribution in [3.05, 3.63) is 11.8 Å². The highest BCUT2D eigenvalue weighted by atomic mass is 35.5. The Morgan fingerprint density at radius 3 is 2.73 bits per heavy atom. The van der Waals surface area contributed by atoms with E-state index in [1.165, 1.54) is 0 Å². The van der Waals surface area contributed by atoms with Crippen molar-refractivity contribution < 1.29 is 9.53 Å². The first-order chi connectivity index (χ1) is 9.78. The number of aromatic nitrogens is 2. The van der Waals surface area contributed by atoms with Gasteiger partial charge in [0.1, 0.15) is 11.9 Å². The van der Waals surface area contributed by atoms with E-state index in [-0.39, 0.29) is 29.8 Å². The van der Waals surface area contributed by atoms with Gasteiger partial charge in [0.2, 0.25) is 0 Å². The minimum Gasteiger partial charge on any atom is -0.364 e. The standard InChI is InChI=1S/C15H26N4O2.ClH/c1-15(2,3)8-10-7-13(19(4)18-10)17-14(20)12-6-5-11(9-16)21-12;/h7,11-12H,5-6,8-9,16H2,1-4H3,(H,17,20);1H/t11-,12+;/m1./s1. The maximum absolute atomic E-state index is 12.2. The van der Waals surface area contributed by atoms with Crippen LogP contribution in [-0.2, 0) is 23.0 Å². The van der Waals surface area contributed by atoms with Gasteiger partial charge in [-0.25, -0.2) is 0 Å². The fourth-order valence-electron chi connectivity index (χ4n) is 2.55. The molecule has 1 aromatic rings. The molecular formula is C15H27ClN4O2. The molecule has 0 radical (unpaired) electrons. The summed E-state index contributed by atoms with van der Waals surface area (Å²) in [5.74, 6) is 0.593. The predicted molar refractivity (Wildman–Crippen MR) is 89.2 cm³/mol. The van der Waals surface area contributed by atoms with Crippen LogP contribution in [0.1, 0.15) is 39.3 Å². The maximum Gasteiger partial charge on any atom is 0.254 e. The van der Waals surface area contributed by atoms with Crippen LogP contribution in [-0.4, -0.2) is 34.4 Å². The smallest absolute Gasteiger partial charge is 0.254 e. The average Bonchev–Trinajstić information content (AvgIpc) is 2.95. The summed E-state index contributed by atoms with van der Waals surface area (Å²) in [6, 6.07) is 1.93. The SMILES string of the molecule is Cl.Cn1nc(CC(C)(C)C)cc1NC(=O)[C@@H]1CC[C@H](CN)O1. The van der Waals surface area contributed by atoms with Gasteiger partial charge in [0.05, 0.1) is 11.8 Å². The number of nitrogens with zero attached hydrogens (tertiary/aromatic N) is 2. The minimum absolute atomic E-state index is 0. The van der Waals surface area contributed by atoms with Crippen LogP contribution < -0.4 is 11.1 Å². The normalized spacial score (nSPS) is 21.5. The molecule has 7 heteroatoms. The van der Waals surface area contributed by atoms with E-state index in [0.29, 0.717) is 12.4 Å². The van der Waals surface area contributed by atoms with Gasteiger partial charge in [0.25, 0.3) is 5.91 Å². The van der Waals surface area contributed by atoms with Crippen molar-refractivity contribution in [2.45, 2.75) is 52.2 Å².